The van der Waals surface area contributed by atoms with Gasteiger partial charge in [0.2, 0.25) is 0 Å². The zero-order valence-corrected chi connectivity index (χ0v) is 17.6. The molecule has 0 spiro atoms. The van der Waals surface area contributed by atoms with Crippen molar-refractivity contribution in [3.8, 4) is 11.3 Å². The molecule has 3 rings (SSSR count). The van der Waals surface area contributed by atoms with Crippen molar-refractivity contribution in [2.75, 3.05) is 24.5 Å². The number of rotatable bonds is 3. The molecule has 0 aliphatic carbocycles. The number of anilines is 1. The Balaban J connectivity index is 1.70. The van der Waals surface area contributed by atoms with Crippen molar-refractivity contribution in [1.82, 2.24) is 19.9 Å². The van der Waals surface area contributed by atoms with E-state index in [1.165, 1.54) is 0 Å². The van der Waals surface area contributed by atoms with E-state index in [-0.39, 0.29) is 12.1 Å². The normalized spacial score (nSPS) is 17.5. The van der Waals surface area contributed by atoms with Crippen LogP contribution in [0.25, 0.3) is 11.3 Å². The third-order valence-electron chi connectivity index (χ3n) is 4.64. The van der Waals surface area contributed by atoms with Crippen molar-refractivity contribution in [2.45, 2.75) is 45.8 Å². The van der Waals surface area contributed by atoms with Crippen LogP contribution in [0.1, 0.15) is 34.1 Å². The van der Waals surface area contributed by atoms with Crippen LogP contribution in [0.3, 0.4) is 0 Å². The van der Waals surface area contributed by atoms with E-state index >= 15 is 0 Å². The molecule has 2 aromatic heterocycles. The van der Waals surface area contributed by atoms with Gasteiger partial charge in [-0.1, -0.05) is 6.92 Å². The number of hydrogen-bond acceptors (Lipinski definition) is 6. The van der Waals surface area contributed by atoms with Gasteiger partial charge in [0.25, 0.3) is 0 Å². The van der Waals surface area contributed by atoms with Gasteiger partial charge in [0.1, 0.15) is 11.4 Å². The van der Waals surface area contributed by atoms with E-state index in [1.807, 2.05) is 50.1 Å². The first kappa shape index (κ1) is 20.3. The van der Waals surface area contributed by atoms with Crippen LogP contribution in [0.4, 0.5) is 10.6 Å². The SMILES string of the molecule is CCC1CN(c2ccc(-c3ccnc(=S)[nH]3)cn2)CCN1C(=O)OC(C)(C)C. The first-order chi connectivity index (χ1) is 13.3. The highest BCUT2D eigenvalue weighted by molar-refractivity contribution is 7.71. The van der Waals surface area contributed by atoms with Crippen LogP contribution in [-0.2, 0) is 4.74 Å². The molecule has 150 valence electrons. The van der Waals surface area contributed by atoms with Gasteiger partial charge in [-0.15, -0.1) is 0 Å². The molecule has 1 aliphatic heterocycles. The van der Waals surface area contributed by atoms with E-state index in [0.29, 0.717) is 11.3 Å². The number of ether oxygens (including phenoxy) is 1. The summed E-state index contributed by atoms with van der Waals surface area (Å²) >= 11 is 5.08. The van der Waals surface area contributed by atoms with E-state index in [2.05, 4.69) is 26.8 Å². The van der Waals surface area contributed by atoms with Gasteiger partial charge in [-0.3, -0.25) is 0 Å². The minimum Gasteiger partial charge on any atom is -0.444 e. The molecule has 2 aromatic rings. The zero-order chi connectivity index (χ0) is 20.3. The quantitative estimate of drug-likeness (QED) is 0.783. The number of aromatic amines is 1. The second-order valence-electron chi connectivity index (χ2n) is 7.88. The zero-order valence-electron chi connectivity index (χ0n) is 16.8. The third kappa shape index (κ3) is 4.86. The van der Waals surface area contributed by atoms with Crippen LogP contribution >= 0.6 is 12.2 Å². The summed E-state index contributed by atoms with van der Waals surface area (Å²) in [5.41, 5.74) is 1.36. The van der Waals surface area contributed by atoms with E-state index in [9.17, 15) is 4.79 Å². The fraction of sp³-hybridized carbons (Fsp3) is 0.500. The fourth-order valence-electron chi connectivity index (χ4n) is 3.24. The van der Waals surface area contributed by atoms with Crippen LogP contribution in [-0.4, -0.2) is 57.2 Å². The van der Waals surface area contributed by atoms with Crippen molar-refractivity contribution >= 4 is 24.1 Å². The van der Waals surface area contributed by atoms with Gasteiger partial charge in [0, 0.05) is 37.6 Å². The average Bonchev–Trinajstić information content (AvgIpc) is 2.66. The average molecular weight is 402 g/mol. The van der Waals surface area contributed by atoms with Gasteiger partial charge in [-0.2, -0.15) is 0 Å². The largest absolute Gasteiger partial charge is 0.444 e. The molecule has 0 aromatic carbocycles. The monoisotopic (exact) mass is 401 g/mol. The van der Waals surface area contributed by atoms with Crippen LogP contribution in [0.15, 0.2) is 30.6 Å². The summed E-state index contributed by atoms with van der Waals surface area (Å²) in [4.78, 5) is 28.3. The van der Waals surface area contributed by atoms with Gasteiger partial charge in [-0.25, -0.2) is 14.8 Å². The summed E-state index contributed by atoms with van der Waals surface area (Å²) in [5.74, 6) is 0.902. The Hall–Kier alpha value is -2.48. The Bertz CT molecular complexity index is 875. The molecule has 1 N–H and O–H groups in total. The molecule has 1 amide bonds. The Morgan fingerprint density at radius 2 is 2.07 bits per heavy atom. The number of pyridine rings is 1. The lowest BCUT2D eigenvalue weighted by Crippen LogP contribution is -2.56. The van der Waals surface area contributed by atoms with Crippen molar-refractivity contribution in [3.05, 3.63) is 35.4 Å². The van der Waals surface area contributed by atoms with Gasteiger partial charge in [-0.05, 0) is 57.6 Å². The van der Waals surface area contributed by atoms with Gasteiger partial charge in [0.15, 0.2) is 4.77 Å². The second kappa shape index (κ2) is 8.26. The predicted octanol–water partition coefficient (Wildman–Crippen LogP) is 4.04. The molecule has 28 heavy (non-hydrogen) atoms. The molecule has 1 saturated heterocycles. The van der Waals surface area contributed by atoms with Crippen molar-refractivity contribution in [1.29, 1.82) is 0 Å². The summed E-state index contributed by atoms with van der Waals surface area (Å²) < 4.78 is 6.01. The molecule has 0 bridgehead atoms. The van der Waals surface area contributed by atoms with E-state index < -0.39 is 5.60 Å². The minimum atomic E-state index is -0.487. The summed E-state index contributed by atoms with van der Waals surface area (Å²) in [6.45, 7) is 9.84. The number of piperazine rings is 1. The molecule has 1 fully saturated rings. The van der Waals surface area contributed by atoms with Gasteiger partial charge in [0.05, 0.1) is 11.7 Å². The number of nitrogens with zero attached hydrogens (tertiary/aromatic N) is 4. The number of carbonyl (C=O) groups is 1. The highest BCUT2D eigenvalue weighted by Crippen LogP contribution is 2.23. The number of H-pyrrole nitrogens is 1. The maximum absolute atomic E-state index is 12.5. The second-order valence-corrected chi connectivity index (χ2v) is 8.26. The van der Waals surface area contributed by atoms with Crippen molar-refractivity contribution < 1.29 is 9.53 Å². The minimum absolute atomic E-state index is 0.0985. The molecule has 8 heteroatoms. The molecule has 7 nitrogen and oxygen atoms in total. The molecule has 1 aliphatic rings. The van der Waals surface area contributed by atoms with E-state index in [0.717, 1.165) is 36.6 Å². The topological polar surface area (TPSA) is 74.4 Å². The van der Waals surface area contributed by atoms with Crippen LogP contribution < -0.4 is 4.90 Å². The van der Waals surface area contributed by atoms with Crippen LogP contribution in [0.2, 0.25) is 0 Å². The fourth-order valence-corrected chi connectivity index (χ4v) is 3.41. The lowest BCUT2D eigenvalue weighted by molar-refractivity contribution is 0.0136. The van der Waals surface area contributed by atoms with Crippen molar-refractivity contribution in [3.63, 3.8) is 0 Å². The van der Waals surface area contributed by atoms with E-state index in [4.69, 9.17) is 17.0 Å². The van der Waals surface area contributed by atoms with E-state index in [1.54, 1.807) is 6.20 Å². The maximum Gasteiger partial charge on any atom is 0.410 e. The smallest absolute Gasteiger partial charge is 0.410 e. The summed E-state index contributed by atoms with van der Waals surface area (Å²) in [6.07, 6.45) is 4.14. The lowest BCUT2D eigenvalue weighted by Gasteiger charge is -2.41. The lowest BCUT2D eigenvalue weighted by atomic mass is 10.1. The highest BCUT2D eigenvalue weighted by Gasteiger charge is 2.32. The molecule has 0 saturated carbocycles. The number of amides is 1. The predicted molar refractivity (Wildman–Crippen MR) is 112 cm³/mol. The summed E-state index contributed by atoms with van der Waals surface area (Å²) in [7, 11) is 0. The Labute approximate surface area is 170 Å². The number of carbonyl (C=O) groups excluding carboxylic acids is 1. The van der Waals surface area contributed by atoms with Gasteiger partial charge < -0.3 is 19.5 Å². The molecule has 1 atom stereocenters. The molecule has 1 unspecified atom stereocenters. The Morgan fingerprint density at radius 3 is 2.68 bits per heavy atom. The Morgan fingerprint density at radius 1 is 1.29 bits per heavy atom. The van der Waals surface area contributed by atoms with Crippen molar-refractivity contribution in [2.24, 2.45) is 0 Å². The summed E-state index contributed by atoms with van der Waals surface area (Å²) in [6, 6.07) is 5.99. The van der Waals surface area contributed by atoms with Gasteiger partial charge >= 0.3 is 6.09 Å². The molecule has 0 radical (unpaired) electrons. The summed E-state index contributed by atoms with van der Waals surface area (Å²) in [5, 5.41) is 0. The standard InChI is InChI=1S/C20H27N5O2S/c1-5-15-13-24(10-11-25(15)19(26)27-20(2,3)4)17-7-6-14(12-22-17)16-8-9-21-18(28)23-16/h6-9,12,15H,5,10-11,13H2,1-4H3,(H,21,23,28). The third-order valence-corrected chi connectivity index (χ3v) is 4.85. The highest BCUT2D eigenvalue weighted by atomic mass is 32.1. The maximum atomic E-state index is 12.5. The molecular weight excluding hydrogens is 374 g/mol. The number of hydrogen-bond donors (Lipinski definition) is 1. The molecular formula is C20H27N5O2S. The first-order valence-electron chi connectivity index (χ1n) is 9.53. The Kier molecular flexibility index (Phi) is 5.98. The number of nitrogens with one attached hydrogen (secondary N) is 1. The number of aromatic nitrogens is 3. The van der Waals surface area contributed by atoms with Crippen LogP contribution in [0.5, 0.6) is 0 Å². The van der Waals surface area contributed by atoms with Crippen LogP contribution in [0, 0.1) is 4.77 Å². The first-order valence-corrected chi connectivity index (χ1v) is 9.94. The molecule has 3 heterocycles.